The van der Waals surface area contributed by atoms with Gasteiger partial charge in [-0.25, -0.2) is 15.6 Å². The molecule has 0 aliphatic carbocycles. The largest absolute Gasteiger partial charge is 0.443 e. The van der Waals surface area contributed by atoms with Gasteiger partial charge in [-0.05, 0) is 20.8 Å². The average molecular weight is 188 g/mol. The highest BCUT2D eigenvalue weighted by atomic mass is 16.6. The summed E-state index contributed by atoms with van der Waals surface area (Å²) in [6, 6.07) is -0.0325. The summed E-state index contributed by atoms with van der Waals surface area (Å²) < 4.78 is 9.97. The van der Waals surface area contributed by atoms with Gasteiger partial charge in [-0.2, -0.15) is 0 Å². The van der Waals surface area contributed by atoms with Gasteiger partial charge in [0.05, 0.1) is 19.3 Å². The maximum absolute atomic E-state index is 11.3. The molecule has 0 aromatic rings. The number of hydrazine groups is 1. The molecule has 1 amide bonds. The van der Waals surface area contributed by atoms with Crippen molar-refractivity contribution < 1.29 is 14.3 Å². The zero-order chi connectivity index (χ0) is 10.1. The molecule has 0 spiro atoms. The third-order valence-corrected chi connectivity index (χ3v) is 1.62. The van der Waals surface area contributed by atoms with Crippen LogP contribution in [0.5, 0.6) is 0 Å². The van der Waals surface area contributed by atoms with Gasteiger partial charge in [-0.15, -0.1) is 0 Å². The second-order valence-electron chi connectivity index (χ2n) is 4.08. The van der Waals surface area contributed by atoms with E-state index in [1.54, 1.807) is 20.8 Å². The van der Waals surface area contributed by atoms with Crippen molar-refractivity contribution in [3.8, 4) is 0 Å². The van der Waals surface area contributed by atoms with Gasteiger partial charge in [0.2, 0.25) is 0 Å². The van der Waals surface area contributed by atoms with Crippen LogP contribution in [0.1, 0.15) is 20.8 Å². The number of carbonyl (C=O) groups is 1. The van der Waals surface area contributed by atoms with Gasteiger partial charge in [0.15, 0.2) is 0 Å². The Bertz CT molecular complexity index is 196. The van der Waals surface area contributed by atoms with Gasteiger partial charge < -0.3 is 9.47 Å². The number of nitrogens with two attached hydrogens (primary N) is 1. The summed E-state index contributed by atoms with van der Waals surface area (Å²) in [5.74, 6) is 5.51. The number of rotatable bonds is 1. The quantitative estimate of drug-likeness (QED) is 0.369. The second kappa shape index (κ2) is 3.51. The highest BCUT2D eigenvalue weighted by Gasteiger charge is 2.30. The molecule has 1 saturated heterocycles. The first-order chi connectivity index (χ1) is 5.90. The van der Waals surface area contributed by atoms with Crippen molar-refractivity contribution in [2.75, 3.05) is 13.2 Å². The molecule has 0 saturated carbocycles. The third-order valence-electron chi connectivity index (χ3n) is 1.62. The fourth-order valence-electron chi connectivity index (χ4n) is 0.848. The van der Waals surface area contributed by atoms with E-state index in [4.69, 9.17) is 15.3 Å². The summed E-state index contributed by atoms with van der Waals surface area (Å²) in [6.07, 6.45) is -0.499. The fourth-order valence-corrected chi connectivity index (χ4v) is 0.848. The Labute approximate surface area is 77.7 Å². The summed E-state index contributed by atoms with van der Waals surface area (Å²) >= 11 is 0. The predicted octanol–water partition coefficient (Wildman–Crippen LogP) is 0.496. The highest BCUT2D eigenvalue weighted by molar-refractivity contribution is 5.67. The SMILES string of the molecule is CC(C)(C)OC(=O)N(N)C1COC1. The molecular weight excluding hydrogens is 172 g/mol. The van der Waals surface area contributed by atoms with E-state index in [-0.39, 0.29) is 6.04 Å². The summed E-state index contributed by atoms with van der Waals surface area (Å²) in [5, 5.41) is 1.09. The number of hydrogen-bond donors (Lipinski definition) is 1. The van der Waals surface area contributed by atoms with Crippen LogP contribution in [0.4, 0.5) is 4.79 Å². The Morgan fingerprint density at radius 3 is 2.38 bits per heavy atom. The minimum atomic E-state index is -0.501. The van der Waals surface area contributed by atoms with Gasteiger partial charge in [0.25, 0.3) is 0 Å². The summed E-state index contributed by atoms with van der Waals surface area (Å²) in [7, 11) is 0. The first-order valence-electron chi connectivity index (χ1n) is 4.25. The first-order valence-corrected chi connectivity index (χ1v) is 4.25. The van der Waals surface area contributed by atoms with Crippen molar-refractivity contribution in [3.63, 3.8) is 0 Å². The van der Waals surface area contributed by atoms with Crippen LogP contribution in [0.3, 0.4) is 0 Å². The lowest BCUT2D eigenvalue weighted by molar-refractivity contribution is -0.0710. The van der Waals surface area contributed by atoms with Gasteiger partial charge >= 0.3 is 6.09 Å². The summed E-state index contributed by atoms with van der Waals surface area (Å²) in [6.45, 7) is 6.40. The van der Waals surface area contributed by atoms with Crippen molar-refractivity contribution in [1.29, 1.82) is 0 Å². The number of hydrogen-bond acceptors (Lipinski definition) is 4. The molecule has 0 aromatic carbocycles. The van der Waals surface area contributed by atoms with Gasteiger partial charge in [0.1, 0.15) is 5.60 Å². The fraction of sp³-hybridized carbons (Fsp3) is 0.875. The van der Waals surface area contributed by atoms with Crippen LogP contribution in [-0.4, -0.2) is 36.0 Å². The normalized spacial score (nSPS) is 17.8. The number of amides is 1. The lowest BCUT2D eigenvalue weighted by Crippen LogP contribution is -2.56. The van der Waals surface area contributed by atoms with Gasteiger partial charge in [-0.1, -0.05) is 0 Å². The molecule has 5 heteroatoms. The Balaban J connectivity index is 2.38. The van der Waals surface area contributed by atoms with E-state index in [0.717, 1.165) is 5.01 Å². The Hall–Kier alpha value is -0.810. The molecule has 13 heavy (non-hydrogen) atoms. The lowest BCUT2D eigenvalue weighted by Gasteiger charge is -2.34. The van der Waals surface area contributed by atoms with Crippen LogP contribution in [0, 0.1) is 0 Å². The zero-order valence-corrected chi connectivity index (χ0v) is 8.24. The standard InChI is InChI=1S/C8H16N2O3/c1-8(2,3)13-7(11)10(9)6-4-12-5-6/h6H,4-5,9H2,1-3H3. The van der Waals surface area contributed by atoms with Crippen molar-refractivity contribution in [1.82, 2.24) is 5.01 Å². The molecule has 5 nitrogen and oxygen atoms in total. The molecule has 0 aromatic heterocycles. The van der Waals surface area contributed by atoms with Crippen LogP contribution in [0.25, 0.3) is 0 Å². The maximum atomic E-state index is 11.3. The van der Waals surface area contributed by atoms with E-state index in [1.807, 2.05) is 0 Å². The smallest absolute Gasteiger partial charge is 0.425 e. The van der Waals surface area contributed by atoms with Crippen LogP contribution in [0.2, 0.25) is 0 Å². The van der Waals surface area contributed by atoms with Crippen LogP contribution >= 0.6 is 0 Å². The molecule has 2 N–H and O–H groups in total. The van der Waals surface area contributed by atoms with E-state index in [9.17, 15) is 4.79 Å². The van der Waals surface area contributed by atoms with Crippen LogP contribution in [-0.2, 0) is 9.47 Å². The molecule has 0 bridgehead atoms. The Kier molecular flexibility index (Phi) is 2.77. The van der Waals surface area contributed by atoms with Gasteiger partial charge in [0, 0.05) is 0 Å². The highest BCUT2D eigenvalue weighted by Crippen LogP contribution is 2.12. The minimum Gasteiger partial charge on any atom is -0.443 e. The Morgan fingerprint density at radius 1 is 1.54 bits per heavy atom. The van der Waals surface area contributed by atoms with Crippen molar-refractivity contribution in [2.45, 2.75) is 32.4 Å². The molecule has 0 radical (unpaired) electrons. The van der Waals surface area contributed by atoms with Gasteiger partial charge in [-0.3, -0.25) is 0 Å². The third kappa shape index (κ3) is 2.86. The van der Waals surface area contributed by atoms with Crippen molar-refractivity contribution in [3.05, 3.63) is 0 Å². The summed E-state index contributed by atoms with van der Waals surface area (Å²) in [5.41, 5.74) is -0.501. The van der Waals surface area contributed by atoms with Crippen LogP contribution in [0.15, 0.2) is 0 Å². The second-order valence-corrected chi connectivity index (χ2v) is 4.08. The van der Waals surface area contributed by atoms with Crippen molar-refractivity contribution >= 4 is 6.09 Å². The maximum Gasteiger partial charge on any atom is 0.425 e. The molecule has 1 aliphatic rings. The average Bonchev–Trinajstić information content (AvgIpc) is 1.78. The number of carbonyl (C=O) groups excluding carboxylic acids is 1. The topological polar surface area (TPSA) is 64.8 Å². The minimum absolute atomic E-state index is 0.0325. The van der Waals surface area contributed by atoms with E-state index in [0.29, 0.717) is 13.2 Å². The zero-order valence-electron chi connectivity index (χ0n) is 8.24. The van der Waals surface area contributed by atoms with Crippen molar-refractivity contribution in [2.24, 2.45) is 5.84 Å². The lowest BCUT2D eigenvalue weighted by atomic mass is 10.2. The van der Waals surface area contributed by atoms with E-state index in [2.05, 4.69) is 0 Å². The molecule has 0 unspecified atom stereocenters. The predicted molar refractivity (Wildman–Crippen MR) is 46.9 cm³/mol. The molecule has 1 rings (SSSR count). The molecule has 0 atom stereocenters. The summed E-state index contributed by atoms with van der Waals surface area (Å²) in [4.78, 5) is 11.3. The molecular formula is C8H16N2O3. The van der Waals surface area contributed by atoms with E-state index >= 15 is 0 Å². The molecule has 1 fully saturated rings. The molecule has 76 valence electrons. The first kappa shape index (κ1) is 10.3. The number of ether oxygens (including phenoxy) is 2. The molecule has 1 heterocycles. The molecule has 1 aliphatic heterocycles. The van der Waals surface area contributed by atoms with E-state index in [1.165, 1.54) is 0 Å². The Morgan fingerprint density at radius 2 is 2.08 bits per heavy atom. The van der Waals surface area contributed by atoms with Crippen LogP contribution < -0.4 is 5.84 Å². The van der Waals surface area contributed by atoms with E-state index < -0.39 is 11.7 Å². The monoisotopic (exact) mass is 188 g/mol. The number of nitrogens with zero attached hydrogens (tertiary/aromatic N) is 1.